The largest absolute Gasteiger partial charge is 0.379 e. The van der Waals surface area contributed by atoms with Gasteiger partial charge >= 0.3 is 0 Å². The number of aryl methyl sites for hydroxylation is 1. The number of nitrogens with zero attached hydrogens (tertiary/aromatic N) is 3. The Labute approximate surface area is 160 Å². The molecule has 0 radical (unpaired) electrons. The first kappa shape index (κ1) is 18.9. The van der Waals surface area contributed by atoms with Crippen molar-refractivity contribution in [2.24, 2.45) is 0 Å². The van der Waals surface area contributed by atoms with Crippen LogP contribution >= 0.6 is 27.7 Å². The van der Waals surface area contributed by atoms with Crippen LogP contribution in [0.1, 0.15) is 6.92 Å². The predicted molar refractivity (Wildman–Crippen MR) is 104 cm³/mol. The minimum Gasteiger partial charge on any atom is -0.379 e. The molecule has 2 aromatic rings. The number of benzene rings is 1. The summed E-state index contributed by atoms with van der Waals surface area (Å²) < 4.78 is 35.3. The number of aromatic nitrogens is 2. The molecule has 1 aromatic heterocycles. The van der Waals surface area contributed by atoms with Crippen molar-refractivity contribution in [1.82, 2.24) is 13.9 Å². The van der Waals surface area contributed by atoms with Crippen LogP contribution in [0.15, 0.2) is 39.3 Å². The third-order valence-electron chi connectivity index (χ3n) is 3.97. The third-order valence-corrected chi connectivity index (χ3v) is 7.58. The van der Waals surface area contributed by atoms with Crippen LogP contribution in [0.5, 0.6) is 0 Å². The Bertz CT molecular complexity index is 889. The maximum absolute atomic E-state index is 12.8. The van der Waals surface area contributed by atoms with E-state index in [1.807, 2.05) is 13.0 Å². The Kier molecular flexibility index (Phi) is 5.89. The van der Waals surface area contributed by atoms with Crippen molar-refractivity contribution >= 4 is 48.7 Å². The quantitative estimate of drug-likeness (QED) is 0.639. The van der Waals surface area contributed by atoms with Crippen molar-refractivity contribution < 1.29 is 13.2 Å². The smallest absolute Gasteiger partial charge is 0.243 e. The Hall–Kier alpha value is -0.870. The first-order valence-corrected chi connectivity index (χ1v) is 11.2. The summed E-state index contributed by atoms with van der Waals surface area (Å²) in [7, 11) is -3.51. The van der Waals surface area contributed by atoms with Crippen LogP contribution in [-0.4, -0.2) is 54.3 Å². The highest BCUT2D eigenvalue weighted by atomic mass is 79.9. The van der Waals surface area contributed by atoms with Gasteiger partial charge in [0.15, 0.2) is 5.16 Å². The molecule has 0 saturated carbocycles. The maximum Gasteiger partial charge on any atom is 0.243 e. The number of sulfonamides is 1. The average molecular weight is 446 g/mol. The summed E-state index contributed by atoms with van der Waals surface area (Å²) in [6, 6.07) is 5.17. The second-order valence-electron chi connectivity index (χ2n) is 5.61. The van der Waals surface area contributed by atoms with E-state index < -0.39 is 10.0 Å². The van der Waals surface area contributed by atoms with Crippen LogP contribution in [0.3, 0.4) is 0 Å². The molecule has 1 fully saturated rings. The molecule has 1 aliphatic heterocycles. The van der Waals surface area contributed by atoms with Crippen LogP contribution in [0.4, 0.5) is 0 Å². The van der Waals surface area contributed by atoms with Gasteiger partial charge < -0.3 is 9.30 Å². The fourth-order valence-electron chi connectivity index (χ4n) is 2.74. The summed E-state index contributed by atoms with van der Waals surface area (Å²) in [5, 5.41) is 0.860. The van der Waals surface area contributed by atoms with Crippen LogP contribution in [0.25, 0.3) is 11.0 Å². The van der Waals surface area contributed by atoms with Crippen LogP contribution in [0.2, 0.25) is 0 Å². The summed E-state index contributed by atoms with van der Waals surface area (Å²) in [5.74, 6) is 0.711. The van der Waals surface area contributed by atoms with E-state index >= 15 is 0 Å². The molecule has 0 amide bonds. The predicted octanol–water partition coefficient (Wildman–Crippen LogP) is 3.08. The van der Waals surface area contributed by atoms with Gasteiger partial charge in [-0.3, -0.25) is 0 Å². The normalized spacial score (nSPS) is 16.4. The molecule has 1 saturated heterocycles. The summed E-state index contributed by atoms with van der Waals surface area (Å²) in [5.41, 5.74) is 1.63. The zero-order valence-corrected chi connectivity index (χ0v) is 17.2. The molecule has 6 nitrogen and oxygen atoms in total. The molecule has 3 rings (SSSR count). The highest BCUT2D eigenvalue weighted by molar-refractivity contribution is 9.11. The topological polar surface area (TPSA) is 64.4 Å². The fourth-order valence-corrected chi connectivity index (χ4v) is 5.35. The molecule has 0 N–H and O–H groups in total. The van der Waals surface area contributed by atoms with Gasteiger partial charge in [-0.1, -0.05) is 34.3 Å². The lowest BCUT2D eigenvalue weighted by Gasteiger charge is -2.26. The van der Waals surface area contributed by atoms with E-state index in [0.717, 1.165) is 21.7 Å². The first-order chi connectivity index (χ1) is 11.9. The van der Waals surface area contributed by atoms with Crippen LogP contribution in [-0.2, 0) is 21.3 Å². The standard InChI is InChI=1S/C16H20BrN3O3S2/c1-3-20-15-5-4-13(25(21,22)19-6-8-23-9-7-19)10-14(15)18-16(20)24-11-12(2)17/h4-5,10H,2-3,6-9,11H2,1H3. The Balaban J connectivity index is 1.98. The highest BCUT2D eigenvalue weighted by Gasteiger charge is 2.27. The lowest BCUT2D eigenvalue weighted by atomic mass is 10.3. The summed E-state index contributed by atoms with van der Waals surface area (Å²) in [6.45, 7) is 8.30. The number of hydrogen-bond acceptors (Lipinski definition) is 5. The fraction of sp³-hybridized carbons (Fsp3) is 0.438. The Morgan fingerprint density at radius 1 is 1.40 bits per heavy atom. The van der Waals surface area contributed by atoms with Crippen LogP contribution < -0.4 is 0 Å². The van der Waals surface area contributed by atoms with Gasteiger partial charge in [-0.05, 0) is 29.6 Å². The van der Waals surface area contributed by atoms with Crippen molar-refractivity contribution in [3.05, 3.63) is 29.3 Å². The molecule has 0 atom stereocenters. The van der Waals surface area contributed by atoms with Crippen molar-refractivity contribution in [2.75, 3.05) is 32.1 Å². The van der Waals surface area contributed by atoms with Gasteiger partial charge in [-0.25, -0.2) is 13.4 Å². The van der Waals surface area contributed by atoms with Crippen molar-refractivity contribution in [3.63, 3.8) is 0 Å². The third kappa shape index (κ3) is 3.95. The van der Waals surface area contributed by atoms with E-state index in [2.05, 4.69) is 32.1 Å². The average Bonchev–Trinajstić information content (AvgIpc) is 2.97. The second-order valence-corrected chi connectivity index (χ2v) is 9.61. The van der Waals surface area contributed by atoms with Gasteiger partial charge in [0.2, 0.25) is 10.0 Å². The number of morpholine rings is 1. The van der Waals surface area contributed by atoms with Gasteiger partial charge in [0.25, 0.3) is 0 Å². The molecule has 25 heavy (non-hydrogen) atoms. The molecule has 2 heterocycles. The number of halogens is 1. The van der Waals surface area contributed by atoms with Gasteiger partial charge in [0.05, 0.1) is 29.1 Å². The van der Waals surface area contributed by atoms with E-state index in [1.165, 1.54) is 4.31 Å². The summed E-state index contributed by atoms with van der Waals surface area (Å²) >= 11 is 4.93. The Morgan fingerprint density at radius 3 is 2.76 bits per heavy atom. The molecule has 136 valence electrons. The number of hydrogen-bond donors (Lipinski definition) is 0. The minimum atomic E-state index is -3.51. The molecule has 1 aliphatic rings. The first-order valence-electron chi connectivity index (χ1n) is 7.97. The zero-order chi connectivity index (χ0) is 18.0. The van der Waals surface area contributed by atoms with Crippen molar-refractivity contribution in [1.29, 1.82) is 0 Å². The number of ether oxygens (including phenoxy) is 1. The SMILES string of the molecule is C=C(Br)CSc1nc2cc(S(=O)(=O)N3CCOCC3)ccc2n1CC. The second kappa shape index (κ2) is 7.79. The van der Waals surface area contributed by atoms with E-state index in [4.69, 9.17) is 4.74 Å². The van der Waals surface area contributed by atoms with Gasteiger partial charge in [-0.15, -0.1) is 0 Å². The number of fused-ring (bicyclic) bond motifs is 1. The van der Waals surface area contributed by atoms with E-state index in [1.54, 1.807) is 23.9 Å². The highest BCUT2D eigenvalue weighted by Crippen LogP contribution is 2.28. The van der Waals surface area contributed by atoms with Gasteiger partial charge in [0, 0.05) is 25.4 Å². The summed E-state index contributed by atoms with van der Waals surface area (Å²) in [6.07, 6.45) is 0. The molecule has 9 heteroatoms. The minimum absolute atomic E-state index is 0.282. The Morgan fingerprint density at radius 2 is 2.12 bits per heavy atom. The maximum atomic E-state index is 12.8. The zero-order valence-electron chi connectivity index (χ0n) is 13.9. The van der Waals surface area contributed by atoms with Crippen LogP contribution in [0, 0.1) is 0 Å². The monoisotopic (exact) mass is 445 g/mol. The molecular weight excluding hydrogens is 426 g/mol. The van der Waals surface area contributed by atoms with E-state index in [-0.39, 0.29) is 4.90 Å². The number of rotatable bonds is 6. The molecule has 1 aromatic carbocycles. The van der Waals surface area contributed by atoms with Crippen molar-refractivity contribution in [3.8, 4) is 0 Å². The number of imidazole rings is 1. The molecule has 0 aliphatic carbocycles. The van der Waals surface area contributed by atoms with E-state index in [9.17, 15) is 8.42 Å². The van der Waals surface area contributed by atoms with Gasteiger partial charge in [0.1, 0.15) is 0 Å². The molecule has 0 bridgehead atoms. The van der Waals surface area contributed by atoms with E-state index in [0.29, 0.717) is 37.6 Å². The molecule has 0 unspecified atom stereocenters. The lowest BCUT2D eigenvalue weighted by molar-refractivity contribution is 0.0730. The lowest BCUT2D eigenvalue weighted by Crippen LogP contribution is -2.40. The molecular formula is C16H20BrN3O3S2. The van der Waals surface area contributed by atoms with Gasteiger partial charge in [-0.2, -0.15) is 4.31 Å². The molecule has 0 spiro atoms. The van der Waals surface area contributed by atoms with Crippen molar-refractivity contribution in [2.45, 2.75) is 23.5 Å². The number of thioether (sulfide) groups is 1. The summed E-state index contributed by atoms with van der Waals surface area (Å²) in [4.78, 5) is 4.91.